The van der Waals surface area contributed by atoms with Gasteiger partial charge in [0.05, 0.1) is 0 Å². The molecule has 4 heteroatoms. The molecule has 0 aromatic rings. The summed E-state index contributed by atoms with van der Waals surface area (Å²) in [6.07, 6.45) is 2.52. The summed E-state index contributed by atoms with van der Waals surface area (Å²) in [5.41, 5.74) is 0. The largest absolute Gasteiger partial charge is 0.293 e. The number of carbonyl (C=O) groups excluding carboxylic acids is 1. The van der Waals surface area contributed by atoms with Crippen LogP contribution in [-0.4, -0.2) is 17.4 Å². The van der Waals surface area contributed by atoms with E-state index in [-0.39, 0.29) is 10.9 Å². The van der Waals surface area contributed by atoms with Crippen LogP contribution in [0.2, 0.25) is 0 Å². The fourth-order valence-electron chi connectivity index (χ4n) is 0.444. The smallest absolute Gasteiger partial charge is 0.181 e. The van der Waals surface area contributed by atoms with Gasteiger partial charge < -0.3 is 0 Å². The molecule has 0 aliphatic carbocycles. The Morgan fingerprint density at radius 2 is 2.33 bits per heavy atom. The van der Waals surface area contributed by atoms with Gasteiger partial charge in [0.15, 0.2) is 5.78 Å². The first kappa shape index (κ1) is 6.78. The van der Waals surface area contributed by atoms with E-state index in [1.807, 2.05) is 0 Å². The van der Waals surface area contributed by atoms with Crippen LogP contribution in [0.1, 0.15) is 0 Å². The Kier molecular flexibility index (Phi) is 1.88. The maximum atomic E-state index is 10.6. The number of aliphatic imine (C=N–C) groups is 1. The van der Waals surface area contributed by atoms with E-state index in [4.69, 9.17) is 23.2 Å². The SMILES string of the molecule is O=C1C=C(Cl)N=CC1Cl. The van der Waals surface area contributed by atoms with Crippen molar-refractivity contribution in [3.63, 3.8) is 0 Å². The van der Waals surface area contributed by atoms with E-state index in [0.717, 1.165) is 0 Å². The molecule has 0 N–H and O–H groups in total. The number of rotatable bonds is 0. The van der Waals surface area contributed by atoms with Crippen molar-refractivity contribution in [2.75, 3.05) is 0 Å². The summed E-state index contributed by atoms with van der Waals surface area (Å²) < 4.78 is 0. The van der Waals surface area contributed by atoms with Crippen LogP contribution in [0.4, 0.5) is 0 Å². The van der Waals surface area contributed by atoms with E-state index in [1.165, 1.54) is 12.3 Å². The molecule has 0 aromatic carbocycles. The van der Waals surface area contributed by atoms with Gasteiger partial charge in [-0.15, -0.1) is 11.6 Å². The third-order valence-corrected chi connectivity index (χ3v) is 1.40. The molecular weight excluding hydrogens is 161 g/mol. The molecule has 1 aliphatic heterocycles. The zero-order valence-corrected chi connectivity index (χ0v) is 5.86. The lowest BCUT2D eigenvalue weighted by atomic mass is 10.2. The van der Waals surface area contributed by atoms with Gasteiger partial charge in [-0.25, -0.2) is 4.99 Å². The lowest BCUT2D eigenvalue weighted by Gasteiger charge is -2.01. The summed E-state index contributed by atoms with van der Waals surface area (Å²) in [6.45, 7) is 0. The molecule has 0 spiro atoms. The molecule has 1 rings (SSSR count). The van der Waals surface area contributed by atoms with Gasteiger partial charge in [-0.3, -0.25) is 4.79 Å². The van der Waals surface area contributed by atoms with Crippen LogP contribution in [-0.2, 0) is 4.79 Å². The van der Waals surface area contributed by atoms with Crippen LogP contribution in [0.5, 0.6) is 0 Å². The van der Waals surface area contributed by atoms with Crippen molar-refractivity contribution in [3.05, 3.63) is 11.2 Å². The minimum Gasteiger partial charge on any atom is -0.293 e. The second kappa shape index (κ2) is 2.50. The number of allylic oxidation sites excluding steroid dienone is 1. The molecule has 0 radical (unpaired) electrons. The number of nitrogens with zero attached hydrogens (tertiary/aromatic N) is 1. The van der Waals surface area contributed by atoms with Crippen molar-refractivity contribution in [1.29, 1.82) is 0 Å². The van der Waals surface area contributed by atoms with Crippen LogP contribution in [0, 0.1) is 0 Å². The van der Waals surface area contributed by atoms with E-state index >= 15 is 0 Å². The Hall–Kier alpha value is -0.340. The quantitative estimate of drug-likeness (QED) is 0.392. The standard InChI is InChI=1S/C5H3Cl2NO/c6-3-2-8-5(7)1-4(3)9/h1-3H. The highest BCUT2D eigenvalue weighted by atomic mass is 35.5. The molecule has 1 heterocycles. The van der Waals surface area contributed by atoms with E-state index < -0.39 is 5.38 Å². The number of ketones is 1. The highest BCUT2D eigenvalue weighted by molar-refractivity contribution is 6.44. The molecule has 48 valence electrons. The monoisotopic (exact) mass is 163 g/mol. The van der Waals surface area contributed by atoms with Gasteiger partial charge in [0, 0.05) is 12.3 Å². The Morgan fingerprint density at radius 3 is 2.78 bits per heavy atom. The Morgan fingerprint density at radius 1 is 1.67 bits per heavy atom. The minimum atomic E-state index is -0.632. The lowest BCUT2D eigenvalue weighted by molar-refractivity contribution is -0.113. The molecule has 0 amide bonds. The summed E-state index contributed by atoms with van der Waals surface area (Å²) in [5.74, 6) is -0.211. The molecule has 1 aliphatic rings. The third-order valence-electron chi connectivity index (χ3n) is 0.862. The first-order valence-corrected chi connectivity index (χ1v) is 3.11. The van der Waals surface area contributed by atoms with Crippen LogP contribution in [0.15, 0.2) is 16.2 Å². The Labute approximate surface area is 62.2 Å². The van der Waals surface area contributed by atoms with Gasteiger partial charge in [0.25, 0.3) is 0 Å². The van der Waals surface area contributed by atoms with Gasteiger partial charge in [-0.1, -0.05) is 11.6 Å². The summed E-state index contributed by atoms with van der Waals surface area (Å²) in [6, 6.07) is 0. The zero-order valence-electron chi connectivity index (χ0n) is 4.34. The first-order chi connectivity index (χ1) is 4.20. The van der Waals surface area contributed by atoms with Crippen molar-refractivity contribution in [3.8, 4) is 0 Å². The van der Waals surface area contributed by atoms with Gasteiger partial charge in [-0.2, -0.15) is 0 Å². The topological polar surface area (TPSA) is 29.4 Å². The van der Waals surface area contributed by atoms with Crippen molar-refractivity contribution < 1.29 is 4.79 Å². The fraction of sp³-hybridized carbons (Fsp3) is 0.200. The van der Waals surface area contributed by atoms with E-state index in [0.29, 0.717) is 0 Å². The summed E-state index contributed by atoms with van der Waals surface area (Å²) >= 11 is 10.8. The maximum absolute atomic E-state index is 10.6. The zero-order chi connectivity index (χ0) is 6.85. The van der Waals surface area contributed by atoms with Crippen molar-refractivity contribution in [1.82, 2.24) is 0 Å². The van der Waals surface area contributed by atoms with Crippen molar-refractivity contribution in [2.24, 2.45) is 4.99 Å². The van der Waals surface area contributed by atoms with Crippen molar-refractivity contribution in [2.45, 2.75) is 5.38 Å². The average Bonchev–Trinajstić information content (AvgIpc) is 1.80. The van der Waals surface area contributed by atoms with Gasteiger partial charge >= 0.3 is 0 Å². The molecule has 0 aromatic heterocycles. The molecule has 1 unspecified atom stereocenters. The maximum Gasteiger partial charge on any atom is 0.181 e. The molecule has 0 saturated heterocycles. The van der Waals surface area contributed by atoms with Crippen LogP contribution in [0.3, 0.4) is 0 Å². The number of carbonyl (C=O) groups is 1. The van der Waals surface area contributed by atoms with E-state index in [9.17, 15) is 4.79 Å². The van der Waals surface area contributed by atoms with Gasteiger partial charge in [0.2, 0.25) is 0 Å². The molecule has 2 nitrogen and oxygen atoms in total. The summed E-state index contributed by atoms with van der Waals surface area (Å²) in [5, 5.41) is -0.440. The highest BCUT2D eigenvalue weighted by Crippen LogP contribution is 2.10. The first-order valence-electron chi connectivity index (χ1n) is 2.29. The van der Waals surface area contributed by atoms with E-state index in [2.05, 4.69) is 4.99 Å². The molecule has 0 saturated carbocycles. The second-order valence-electron chi connectivity index (χ2n) is 1.55. The number of alkyl halides is 1. The highest BCUT2D eigenvalue weighted by Gasteiger charge is 2.14. The number of halogens is 2. The lowest BCUT2D eigenvalue weighted by Crippen LogP contribution is -2.15. The summed E-state index contributed by atoms with van der Waals surface area (Å²) in [4.78, 5) is 14.2. The van der Waals surface area contributed by atoms with Crippen LogP contribution in [0.25, 0.3) is 0 Å². The van der Waals surface area contributed by atoms with Gasteiger partial charge in [-0.05, 0) is 0 Å². The number of hydrogen-bond acceptors (Lipinski definition) is 2. The third kappa shape index (κ3) is 1.53. The predicted octanol–water partition coefficient (Wildman–Crippen LogP) is 1.33. The van der Waals surface area contributed by atoms with Crippen LogP contribution >= 0.6 is 23.2 Å². The molecule has 0 fully saturated rings. The second-order valence-corrected chi connectivity index (χ2v) is 2.41. The molecular formula is C5H3Cl2NO. The predicted molar refractivity (Wildman–Crippen MR) is 37.1 cm³/mol. The minimum absolute atomic E-state index is 0.192. The summed E-state index contributed by atoms with van der Waals surface area (Å²) in [7, 11) is 0. The Bertz CT molecular complexity index is 197. The molecule has 1 atom stereocenters. The van der Waals surface area contributed by atoms with E-state index in [1.54, 1.807) is 0 Å². The van der Waals surface area contributed by atoms with Crippen molar-refractivity contribution >= 4 is 35.2 Å². The van der Waals surface area contributed by atoms with Gasteiger partial charge in [0.1, 0.15) is 10.5 Å². The average molecular weight is 164 g/mol. The Balaban J connectivity index is 2.82. The van der Waals surface area contributed by atoms with Crippen LogP contribution < -0.4 is 0 Å². The fourth-order valence-corrected chi connectivity index (χ4v) is 0.728. The number of hydrogen-bond donors (Lipinski definition) is 0. The normalized spacial score (nSPS) is 26.2. The molecule has 0 bridgehead atoms. The molecule has 9 heavy (non-hydrogen) atoms.